The Balaban J connectivity index is 2.32. The first-order valence-corrected chi connectivity index (χ1v) is 6.42. The van der Waals surface area contributed by atoms with E-state index in [-0.39, 0.29) is 12.0 Å². The van der Waals surface area contributed by atoms with Crippen molar-refractivity contribution in [3.05, 3.63) is 42.1 Å². The van der Waals surface area contributed by atoms with Gasteiger partial charge < -0.3 is 10.1 Å². The Bertz CT molecular complexity index is 564. The summed E-state index contributed by atoms with van der Waals surface area (Å²) in [6.45, 7) is 2.22. The number of carbonyl (C=O) groups excluding carboxylic acids is 1. The average Bonchev–Trinajstić information content (AvgIpc) is 2.44. The third kappa shape index (κ3) is 3.09. The molecule has 0 amide bonds. The van der Waals surface area contributed by atoms with E-state index in [1.165, 1.54) is 0 Å². The highest BCUT2D eigenvalue weighted by atomic mass is 16.5. The highest BCUT2D eigenvalue weighted by Gasteiger charge is 2.17. The number of ether oxygens (including phenoxy) is 1. The summed E-state index contributed by atoms with van der Waals surface area (Å²) in [5.41, 5.74) is 1.95. The van der Waals surface area contributed by atoms with Gasteiger partial charge in [0.1, 0.15) is 0 Å². The maximum atomic E-state index is 11.6. The lowest BCUT2D eigenvalue weighted by Gasteiger charge is -2.17. The molecule has 1 aromatic heterocycles. The van der Waals surface area contributed by atoms with Crippen LogP contribution in [-0.4, -0.2) is 24.6 Å². The second kappa shape index (κ2) is 6.29. The molecule has 2 rings (SSSR count). The summed E-state index contributed by atoms with van der Waals surface area (Å²) in [5.74, 6) is -0.199. The van der Waals surface area contributed by atoms with Crippen molar-refractivity contribution in [2.45, 2.75) is 19.4 Å². The first kappa shape index (κ1) is 13.5. The Morgan fingerprint density at radius 3 is 2.89 bits per heavy atom. The van der Waals surface area contributed by atoms with Crippen LogP contribution < -0.4 is 5.32 Å². The number of hydrogen-bond acceptors (Lipinski definition) is 4. The lowest BCUT2D eigenvalue weighted by molar-refractivity contribution is -0.143. The van der Waals surface area contributed by atoms with E-state index in [4.69, 9.17) is 4.74 Å². The second-order valence-corrected chi connectivity index (χ2v) is 4.27. The SMILES string of the molecule is CCOC(=O)CC(NC)c1cccc2cccnc12. The molecule has 0 spiro atoms. The monoisotopic (exact) mass is 258 g/mol. The van der Waals surface area contributed by atoms with Gasteiger partial charge in [-0.05, 0) is 25.6 Å². The van der Waals surface area contributed by atoms with Crippen molar-refractivity contribution in [1.82, 2.24) is 10.3 Å². The molecule has 0 saturated heterocycles. The summed E-state index contributed by atoms with van der Waals surface area (Å²) in [5, 5.41) is 4.23. The molecule has 0 radical (unpaired) electrons. The molecule has 1 N–H and O–H groups in total. The number of hydrogen-bond donors (Lipinski definition) is 1. The predicted molar refractivity (Wildman–Crippen MR) is 74.8 cm³/mol. The van der Waals surface area contributed by atoms with E-state index in [9.17, 15) is 4.79 Å². The Labute approximate surface area is 112 Å². The van der Waals surface area contributed by atoms with E-state index in [0.29, 0.717) is 13.0 Å². The van der Waals surface area contributed by atoms with Crippen molar-refractivity contribution in [3.63, 3.8) is 0 Å². The Morgan fingerprint density at radius 2 is 2.16 bits per heavy atom. The number of carbonyl (C=O) groups is 1. The smallest absolute Gasteiger partial charge is 0.307 e. The number of rotatable bonds is 5. The zero-order valence-corrected chi connectivity index (χ0v) is 11.2. The van der Waals surface area contributed by atoms with Gasteiger partial charge in [-0.15, -0.1) is 0 Å². The highest BCUT2D eigenvalue weighted by molar-refractivity contribution is 5.82. The van der Waals surface area contributed by atoms with Gasteiger partial charge >= 0.3 is 5.97 Å². The molecule has 4 nitrogen and oxygen atoms in total. The van der Waals surface area contributed by atoms with E-state index in [1.807, 2.05) is 44.3 Å². The lowest BCUT2D eigenvalue weighted by atomic mass is 10.0. The Hall–Kier alpha value is -1.94. The number of pyridine rings is 1. The molecule has 1 heterocycles. The molecule has 0 aliphatic rings. The molecule has 0 aliphatic heterocycles. The Morgan fingerprint density at radius 1 is 1.37 bits per heavy atom. The Kier molecular flexibility index (Phi) is 4.47. The quantitative estimate of drug-likeness (QED) is 0.837. The zero-order chi connectivity index (χ0) is 13.7. The van der Waals surface area contributed by atoms with Gasteiger partial charge in [-0.3, -0.25) is 9.78 Å². The fraction of sp³-hybridized carbons (Fsp3) is 0.333. The molecule has 4 heteroatoms. The first-order chi connectivity index (χ1) is 9.26. The number of fused-ring (bicyclic) bond motifs is 1. The van der Waals surface area contributed by atoms with Gasteiger partial charge in [-0.1, -0.05) is 24.3 Å². The molecule has 0 fully saturated rings. The summed E-state index contributed by atoms with van der Waals surface area (Å²) in [7, 11) is 1.84. The molecule has 2 aromatic rings. The maximum absolute atomic E-state index is 11.6. The molecule has 0 aliphatic carbocycles. The fourth-order valence-corrected chi connectivity index (χ4v) is 2.16. The van der Waals surface area contributed by atoms with Crippen molar-refractivity contribution in [1.29, 1.82) is 0 Å². The van der Waals surface area contributed by atoms with Gasteiger partial charge in [0.05, 0.1) is 18.5 Å². The van der Waals surface area contributed by atoms with Crippen LogP contribution >= 0.6 is 0 Å². The third-order valence-electron chi connectivity index (χ3n) is 3.06. The largest absolute Gasteiger partial charge is 0.466 e. The van der Waals surface area contributed by atoms with Gasteiger partial charge in [0.2, 0.25) is 0 Å². The second-order valence-electron chi connectivity index (χ2n) is 4.27. The number of esters is 1. The predicted octanol–water partition coefficient (Wildman–Crippen LogP) is 2.45. The minimum absolute atomic E-state index is 0.0855. The fourth-order valence-electron chi connectivity index (χ4n) is 2.16. The van der Waals surface area contributed by atoms with Crippen LogP contribution in [0.3, 0.4) is 0 Å². The molecular weight excluding hydrogens is 240 g/mol. The third-order valence-corrected chi connectivity index (χ3v) is 3.06. The molecule has 100 valence electrons. The number of nitrogens with one attached hydrogen (secondary N) is 1. The van der Waals surface area contributed by atoms with Gasteiger partial charge in [0, 0.05) is 17.6 Å². The minimum atomic E-state index is -0.199. The van der Waals surface area contributed by atoms with Crippen molar-refractivity contribution in [2.75, 3.05) is 13.7 Å². The first-order valence-electron chi connectivity index (χ1n) is 6.42. The molecule has 0 saturated carbocycles. The van der Waals surface area contributed by atoms with Crippen molar-refractivity contribution < 1.29 is 9.53 Å². The number of para-hydroxylation sites is 1. The van der Waals surface area contributed by atoms with Gasteiger partial charge in [0.25, 0.3) is 0 Å². The summed E-state index contributed by atoms with van der Waals surface area (Å²) in [4.78, 5) is 16.1. The van der Waals surface area contributed by atoms with Gasteiger partial charge in [-0.25, -0.2) is 0 Å². The van der Waals surface area contributed by atoms with Crippen LogP contribution in [0.2, 0.25) is 0 Å². The molecular formula is C15H18N2O2. The van der Waals surface area contributed by atoms with E-state index < -0.39 is 0 Å². The summed E-state index contributed by atoms with van der Waals surface area (Å²) < 4.78 is 5.01. The van der Waals surface area contributed by atoms with E-state index in [1.54, 1.807) is 6.20 Å². The van der Waals surface area contributed by atoms with E-state index in [0.717, 1.165) is 16.5 Å². The molecule has 0 bridgehead atoms. The van der Waals surface area contributed by atoms with Crippen LogP contribution in [0, 0.1) is 0 Å². The van der Waals surface area contributed by atoms with Crippen LogP contribution in [0.5, 0.6) is 0 Å². The average molecular weight is 258 g/mol. The lowest BCUT2D eigenvalue weighted by Crippen LogP contribution is -2.21. The van der Waals surface area contributed by atoms with Gasteiger partial charge in [-0.2, -0.15) is 0 Å². The molecule has 1 aromatic carbocycles. The van der Waals surface area contributed by atoms with Crippen LogP contribution in [0.15, 0.2) is 36.5 Å². The summed E-state index contributed by atoms with van der Waals surface area (Å²) in [6, 6.07) is 9.83. The topological polar surface area (TPSA) is 51.2 Å². The standard InChI is InChI=1S/C15H18N2O2/c1-3-19-14(18)10-13(16-2)12-8-4-6-11-7-5-9-17-15(11)12/h4-9,13,16H,3,10H2,1-2H3. The van der Waals surface area contributed by atoms with Crippen molar-refractivity contribution >= 4 is 16.9 Å². The van der Waals surface area contributed by atoms with Crippen molar-refractivity contribution in [3.8, 4) is 0 Å². The number of nitrogens with zero attached hydrogens (tertiary/aromatic N) is 1. The summed E-state index contributed by atoms with van der Waals surface area (Å²) >= 11 is 0. The van der Waals surface area contributed by atoms with Crippen LogP contribution in [0.4, 0.5) is 0 Å². The minimum Gasteiger partial charge on any atom is -0.466 e. The maximum Gasteiger partial charge on any atom is 0.307 e. The van der Waals surface area contributed by atoms with E-state index >= 15 is 0 Å². The number of aromatic nitrogens is 1. The zero-order valence-electron chi connectivity index (χ0n) is 11.2. The van der Waals surface area contributed by atoms with E-state index in [2.05, 4.69) is 10.3 Å². The van der Waals surface area contributed by atoms with Gasteiger partial charge in [0.15, 0.2) is 0 Å². The van der Waals surface area contributed by atoms with Crippen LogP contribution in [0.1, 0.15) is 24.9 Å². The molecule has 19 heavy (non-hydrogen) atoms. The van der Waals surface area contributed by atoms with Crippen LogP contribution in [0.25, 0.3) is 10.9 Å². The number of benzene rings is 1. The highest BCUT2D eigenvalue weighted by Crippen LogP contribution is 2.24. The summed E-state index contributed by atoms with van der Waals surface area (Å²) in [6.07, 6.45) is 2.07. The van der Waals surface area contributed by atoms with Crippen LogP contribution in [-0.2, 0) is 9.53 Å². The normalized spacial score (nSPS) is 12.3. The van der Waals surface area contributed by atoms with Crippen molar-refractivity contribution in [2.24, 2.45) is 0 Å². The molecule has 1 atom stereocenters. The molecule has 1 unspecified atom stereocenters.